The van der Waals surface area contributed by atoms with Crippen LogP contribution in [0.15, 0.2) is 70.5 Å². The first kappa shape index (κ1) is 19.9. The number of rotatable bonds is 5. The first-order chi connectivity index (χ1) is 14.4. The number of nitrogens with zero attached hydrogens (tertiary/aromatic N) is 4. The normalized spacial score (nSPS) is 12.6. The third-order valence-electron chi connectivity index (χ3n) is 5.40. The Labute approximate surface area is 175 Å². The summed E-state index contributed by atoms with van der Waals surface area (Å²) in [6.45, 7) is 8.37. The van der Waals surface area contributed by atoms with Crippen molar-refractivity contribution in [3.05, 3.63) is 92.9 Å². The molecule has 0 amide bonds. The van der Waals surface area contributed by atoms with Gasteiger partial charge in [-0.1, -0.05) is 61.9 Å². The smallest absolute Gasteiger partial charge is 0.317 e. The molecule has 0 saturated heterocycles. The van der Waals surface area contributed by atoms with E-state index in [9.17, 15) is 9.59 Å². The van der Waals surface area contributed by atoms with Crippen molar-refractivity contribution in [3.8, 4) is 5.69 Å². The maximum atomic E-state index is 13.4. The highest BCUT2D eigenvalue weighted by Crippen LogP contribution is 2.22. The molecule has 30 heavy (non-hydrogen) atoms. The third kappa shape index (κ3) is 3.38. The second-order valence-electron chi connectivity index (χ2n) is 8.17. The van der Waals surface area contributed by atoms with Crippen LogP contribution in [0, 0.1) is 12.8 Å². The molecule has 0 saturated carbocycles. The molecule has 2 heterocycles. The van der Waals surface area contributed by atoms with Crippen LogP contribution in [-0.4, -0.2) is 18.7 Å². The van der Waals surface area contributed by atoms with Crippen LogP contribution in [-0.2, 0) is 6.54 Å². The average molecular weight is 402 g/mol. The van der Waals surface area contributed by atoms with Gasteiger partial charge in [0.2, 0.25) is 0 Å². The number of aryl methyl sites for hydroxylation is 1. The molecule has 0 unspecified atom stereocenters. The van der Waals surface area contributed by atoms with Crippen LogP contribution in [0.3, 0.4) is 0 Å². The van der Waals surface area contributed by atoms with Gasteiger partial charge in [-0.05, 0) is 37.5 Å². The lowest BCUT2D eigenvalue weighted by Gasteiger charge is -2.17. The quantitative estimate of drug-likeness (QED) is 0.508. The van der Waals surface area contributed by atoms with Crippen LogP contribution in [0.4, 0.5) is 0 Å². The number of benzene rings is 2. The van der Waals surface area contributed by atoms with Gasteiger partial charge in [0, 0.05) is 6.54 Å². The van der Waals surface area contributed by atoms with E-state index in [0.717, 1.165) is 11.1 Å². The fraction of sp³-hybridized carbons (Fsp3) is 0.292. The lowest BCUT2D eigenvalue weighted by molar-refractivity contribution is 0.488. The Morgan fingerprint density at radius 2 is 1.60 bits per heavy atom. The predicted molar refractivity (Wildman–Crippen MR) is 119 cm³/mol. The van der Waals surface area contributed by atoms with Gasteiger partial charge in [0.25, 0.3) is 5.56 Å². The van der Waals surface area contributed by atoms with Gasteiger partial charge < -0.3 is 4.57 Å². The first-order valence-corrected chi connectivity index (χ1v) is 10.2. The molecule has 1 atom stereocenters. The Morgan fingerprint density at radius 1 is 0.933 bits per heavy atom. The Hall–Kier alpha value is -3.41. The molecule has 0 aliphatic carbocycles. The van der Waals surface area contributed by atoms with Crippen molar-refractivity contribution in [1.29, 1.82) is 0 Å². The molecule has 6 nitrogen and oxygen atoms in total. The zero-order valence-electron chi connectivity index (χ0n) is 17.7. The molecule has 4 aromatic rings. The Bertz CT molecular complexity index is 1300. The summed E-state index contributed by atoms with van der Waals surface area (Å²) in [4.78, 5) is 31.3. The Morgan fingerprint density at radius 3 is 2.23 bits per heavy atom. The summed E-state index contributed by atoms with van der Waals surface area (Å²) in [6, 6.07) is 17.6. The van der Waals surface area contributed by atoms with Gasteiger partial charge in [-0.3, -0.25) is 9.36 Å². The van der Waals surface area contributed by atoms with Crippen molar-refractivity contribution in [2.24, 2.45) is 5.92 Å². The SMILES string of the molecule is Cc1ccc(-n2c(=O)n(CC(C)C)c(=O)c3c2ncn3[C@@H](C)c2ccccc2)cc1. The van der Waals surface area contributed by atoms with E-state index in [0.29, 0.717) is 23.4 Å². The minimum absolute atomic E-state index is 0.0969. The zero-order chi connectivity index (χ0) is 21.4. The second kappa shape index (κ2) is 7.78. The van der Waals surface area contributed by atoms with Crippen LogP contribution in [0.25, 0.3) is 16.9 Å². The third-order valence-corrected chi connectivity index (χ3v) is 5.40. The highest BCUT2D eigenvalue weighted by molar-refractivity contribution is 5.73. The van der Waals surface area contributed by atoms with Gasteiger partial charge in [-0.15, -0.1) is 0 Å². The number of imidazole rings is 1. The van der Waals surface area contributed by atoms with E-state index in [1.54, 1.807) is 10.9 Å². The van der Waals surface area contributed by atoms with Crippen molar-refractivity contribution >= 4 is 11.2 Å². The number of hydrogen-bond acceptors (Lipinski definition) is 3. The minimum Gasteiger partial charge on any atom is -0.317 e. The van der Waals surface area contributed by atoms with E-state index in [-0.39, 0.29) is 23.2 Å². The van der Waals surface area contributed by atoms with E-state index in [4.69, 9.17) is 0 Å². The molecule has 2 aromatic heterocycles. The first-order valence-electron chi connectivity index (χ1n) is 10.2. The van der Waals surface area contributed by atoms with Crippen molar-refractivity contribution in [2.75, 3.05) is 0 Å². The fourth-order valence-corrected chi connectivity index (χ4v) is 3.79. The molecule has 4 rings (SSSR count). The van der Waals surface area contributed by atoms with Gasteiger partial charge >= 0.3 is 5.69 Å². The zero-order valence-corrected chi connectivity index (χ0v) is 17.7. The highest BCUT2D eigenvalue weighted by Gasteiger charge is 2.22. The second-order valence-corrected chi connectivity index (χ2v) is 8.17. The van der Waals surface area contributed by atoms with Crippen LogP contribution in [0.5, 0.6) is 0 Å². The van der Waals surface area contributed by atoms with Crippen LogP contribution < -0.4 is 11.2 Å². The van der Waals surface area contributed by atoms with Gasteiger partial charge in [-0.2, -0.15) is 0 Å². The molecular weight excluding hydrogens is 376 g/mol. The molecule has 0 fully saturated rings. The molecule has 0 spiro atoms. The van der Waals surface area contributed by atoms with Crippen LogP contribution >= 0.6 is 0 Å². The van der Waals surface area contributed by atoms with Crippen molar-refractivity contribution in [1.82, 2.24) is 18.7 Å². The largest absolute Gasteiger partial charge is 0.337 e. The van der Waals surface area contributed by atoms with E-state index >= 15 is 0 Å². The van der Waals surface area contributed by atoms with E-state index in [1.807, 2.05) is 86.9 Å². The maximum absolute atomic E-state index is 13.4. The molecule has 6 heteroatoms. The topological polar surface area (TPSA) is 61.8 Å². The monoisotopic (exact) mass is 402 g/mol. The van der Waals surface area contributed by atoms with Gasteiger partial charge in [0.1, 0.15) is 0 Å². The van der Waals surface area contributed by atoms with Crippen LogP contribution in [0.2, 0.25) is 0 Å². The summed E-state index contributed by atoms with van der Waals surface area (Å²) in [5.41, 5.74) is 3.03. The van der Waals surface area contributed by atoms with Crippen molar-refractivity contribution in [2.45, 2.75) is 40.3 Å². The van der Waals surface area contributed by atoms with Gasteiger partial charge in [-0.25, -0.2) is 14.3 Å². The molecule has 2 aromatic carbocycles. The molecule has 0 bridgehead atoms. The molecule has 0 radical (unpaired) electrons. The molecule has 154 valence electrons. The number of fused-ring (bicyclic) bond motifs is 1. The minimum atomic E-state index is -0.359. The Kier molecular flexibility index (Phi) is 5.16. The van der Waals surface area contributed by atoms with Crippen molar-refractivity contribution in [3.63, 3.8) is 0 Å². The lowest BCUT2D eigenvalue weighted by atomic mass is 10.1. The molecule has 0 N–H and O–H groups in total. The average Bonchev–Trinajstić information content (AvgIpc) is 3.17. The summed E-state index contributed by atoms with van der Waals surface area (Å²) in [6.07, 6.45) is 1.66. The number of hydrogen-bond donors (Lipinski definition) is 0. The summed E-state index contributed by atoms with van der Waals surface area (Å²) < 4.78 is 4.75. The summed E-state index contributed by atoms with van der Waals surface area (Å²) in [7, 11) is 0. The Balaban J connectivity index is 2.04. The summed E-state index contributed by atoms with van der Waals surface area (Å²) in [5, 5.41) is 0. The standard InChI is InChI=1S/C24H26N4O2/c1-16(2)14-26-23(29)21-22(28(24(26)30)20-12-10-17(3)11-13-20)25-15-27(21)18(4)19-8-6-5-7-9-19/h5-13,15-16,18H,14H2,1-4H3/t18-/m0/s1. The van der Waals surface area contributed by atoms with E-state index < -0.39 is 0 Å². The van der Waals surface area contributed by atoms with Crippen LogP contribution in [0.1, 0.15) is 37.9 Å². The highest BCUT2D eigenvalue weighted by atomic mass is 16.2. The molecular formula is C24H26N4O2. The summed E-state index contributed by atoms with van der Waals surface area (Å²) in [5.74, 6) is 0.155. The molecule has 0 aliphatic rings. The fourth-order valence-electron chi connectivity index (χ4n) is 3.79. The van der Waals surface area contributed by atoms with E-state index in [1.165, 1.54) is 4.57 Å². The number of aromatic nitrogens is 4. The van der Waals surface area contributed by atoms with E-state index in [2.05, 4.69) is 4.98 Å². The lowest BCUT2D eigenvalue weighted by Crippen LogP contribution is -2.41. The van der Waals surface area contributed by atoms with Gasteiger partial charge in [0.15, 0.2) is 11.2 Å². The van der Waals surface area contributed by atoms with Crippen molar-refractivity contribution < 1.29 is 0 Å². The van der Waals surface area contributed by atoms with Gasteiger partial charge in [0.05, 0.1) is 18.1 Å². The maximum Gasteiger partial charge on any atom is 0.337 e. The predicted octanol–water partition coefficient (Wildman–Crippen LogP) is 3.92. The molecule has 0 aliphatic heterocycles. The summed E-state index contributed by atoms with van der Waals surface area (Å²) >= 11 is 0.